The third-order valence-corrected chi connectivity index (χ3v) is 2.68. The Kier molecular flexibility index (Phi) is 5.87. The van der Waals surface area contributed by atoms with Crippen LogP contribution in [-0.4, -0.2) is 50.8 Å². The van der Waals surface area contributed by atoms with Gasteiger partial charge in [0.25, 0.3) is 0 Å². The van der Waals surface area contributed by atoms with Gasteiger partial charge < -0.3 is 9.94 Å². The summed E-state index contributed by atoms with van der Waals surface area (Å²) in [5, 5.41) is 16.5. The fourth-order valence-corrected chi connectivity index (χ4v) is 1.72. The van der Waals surface area contributed by atoms with Gasteiger partial charge in [-0.25, -0.2) is 4.68 Å². The third kappa shape index (κ3) is 3.73. The number of nitrogens with zero attached hydrogens (tertiary/aromatic N) is 3. The van der Waals surface area contributed by atoms with Crippen molar-refractivity contribution < 1.29 is 9.94 Å². The maximum atomic E-state index is 8.64. The molecule has 0 aliphatic carbocycles. The molecule has 19 heavy (non-hydrogen) atoms. The quantitative estimate of drug-likeness (QED) is 0.408. The summed E-state index contributed by atoms with van der Waals surface area (Å²) in [6.45, 7) is 1.81. The Hall–Kier alpha value is -1.01. The average molecular weight is 290 g/mol. The van der Waals surface area contributed by atoms with Crippen LogP contribution in [0.4, 0.5) is 0 Å². The number of benzene rings is 1. The average Bonchev–Trinajstić information content (AvgIpc) is 2.59. The molecule has 0 fully saturated rings. The first-order valence-corrected chi connectivity index (χ1v) is 5.64. The molecule has 0 saturated heterocycles. The van der Waals surface area contributed by atoms with Gasteiger partial charge in [0, 0.05) is 12.1 Å². The SMILES string of the molecule is Cc1nn(C)c(Oc2ccc(Cl)cc2)c1C=NO.[NaH]. The van der Waals surface area contributed by atoms with Crippen LogP contribution in [0.15, 0.2) is 29.4 Å². The number of oxime groups is 1. The van der Waals surface area contributed by atoms with Gasteiger partial charge in [-0.2, -0.15) is 5.10 Å². The van der Waals surface area contributed by atoms with Crippen molar-refractivity contribution in [1.82, 2.24) is 9.78 Å². The summed E-state index contributed by atoms with van der Waals surface area (Å²) in [5.74, 6) is 1.14. The van der Waals surface area contributed by atoms with Crippen molar-refractivity contribution in [3.63, 3.8) is 0 Å². The van der Waals surface area contributed by atoms with Crippen molar-refractivity contribution in [3.05, 3.63) is 40.5 Å². The zero-order valence-electron chi connectivity index (χ0n) is 9.96. The van der Waals surface area contributed by atoms with E-state index in [0.29, 0.717) is 22.2 Å². The topological polar surface area (TPSA) is 59.6 Å². The fourth-order valence-electron chi connectivity index (χ4n) is 1.60. The minimum atomic E-state index is 0. The van der Waals surface area contributed by atoms with E-state index < -0.39 is 0 Å². The molecule has 0 atom stereocenters. The molecule has 96 valence electrons. The molecular weight excluding hydrogens is 277 g/mol. The van der Waals surface area contributed by atoms with E-state index in [0.717, 1.165) is 5.69 Å². The molecule has 0 aliphatic heterocycles. The molecule has 7 heteroatoms. The number of rotatable bonds is 3. The normalized spacial score (nSPS) is 10.5. The number of aryl methyl sites for hydroxylation is 2. The Bertz CT molecular complexity index is 581. The van der Waals surface area contributed by atoms with E-state index in [1.807, 2.05) is 6.92 Å². The van der Waals surface area contributed by atoms with Crippen LogP contribution in [0.3, 0.4) is 0 Å². The standard InChI is InChI=1S/C12H12ClN3O2.Na.H/c1-8-11(7-14-17)12(16(2)15-8)18-10-5-3-9(13)4-6-10;;/h3-7,17H,1-2H3;;. The van der Waals surface area contributed by atoms with Crippen LogP contribution in [0.1, 0.15) is 11.3 Å². The van der Waals surface area contributed by atoms with Crippen LogP contribution in [0, 0.1) is 6.92 Å². The van der Waals surface area contributed by atoms with Gasteiger partial charge in [0.05, 0.1) is 17.5 Å². The molecular formula is C12H13ClN3NaO2. The zero-order valence-corrected chi connectivity index (χ0v) is 10.7. The Balaban J connectivity index is 0.00000180. The van der Waals surface area contributed by atoms with E-state index in [4.69, 9.17) is 21.5 Å². The number of halogens is 1. The molecule has 2 aromatic rings. The van der Waals surface area contributed by atoms with Gasteiger partial charge >= 0.3 is 29.6 Å². The molecule has 0 radical (unpaired) electrons. The molecule has 0 saturated carbocycles. The molecule has 1 aromatic carbocycles. The van der Waals surface area contributed by atoms with Gasteiger partial charge in [-0.3, -0.25) is 0 Å². The molecule has 0 unspecified atom stereocenters. The monoisotopic (exact) mass is 289 g/mol. The number of ether oxygens (including phenoxy) is 1. The molecule has 0 spiro atoms. The van der Waals surface area contributed by atoms with Crippen molar-refractivity contribution in [1.29, 1.82) is 0 Å². The first-order valence-electron chi connectivity index (χ1n) is 5.26. The molecule has 2 rings (SSSR count). The molecule has 1 heterocycles. The second-order valence-corrected chi connectivity index (χ2v) is 4.16. The molecule has 1 aromatic heterocycles. The van der Waals surface area contributed by atoms with Crippen LogP contribution in [-0.2, 0) is 7.05 Å². The fraction of sp³-hybridized carbons (Fsp3) is 0.167. The van der Waals surface area contributed by atoms with Crippen molar-refractivity contribution in [2.24, 2.45) is 12.2 Å². The van der Waals surface area contributed by atoms with Gasteiger partial charge in [0.15, 0.2) is 0 Å². The van der Waals surface area contributed by atoms with Gasteiger partial charge in [0.2, 0.25) is 5.88 Å². The van der Waals surface area contributed by atoms with E-state index in [1.165, 1.54) is 6.21 Å². The van der Waals surface area contributed by atoms with Gasteiger partial charge in [-0.1, -0.05) is 16.8 Å². The molecule has 5 nitrogen and oxygen atoms in total. The van der Waals surface area contributed by atoms with E-state index in [1.54, 1.807) is 36.0 Å². The van der Waals surface area contributed by atoms with Crippen LogP contribution in [0.2, 0.25) is 5.02 Å². The molecule has 0 aliphatic rings. The summed E-state index contributed by atoms with van der Waals surface area (Å²) >= 11 is 5.80. The predicted octanol–water partition coefficient (Wildman–Crippen LogP) is 2.33. The summed E-state index contributed by atoms with van der Waals surface area (Å²) in [6.07, 6.45) is 1.30. The number of hydrogen-bond donors (Lipinski definition) is 1. The van der Waals surface area contributed by atoms with Crippen LogP contribution in [0.5, 0.6) is 11.6 Å². The van der Waals surface area contributed by atoms with Gasteiger partial charge in [-0.05, 0) is 31.2 Å². The summed E-state index contributed by atoms with van der Waals surface area (Å²) in [7, 11) is 1.76. The number of aromatic nitrogens is 2. The Morgan fingerprint density at radius 3 is 2.58 bits per heavy atom. The second-order valence-electron chi connectivity index (χ2n) is 3.73. The first-order chi connectivity index (χ1) is 8.61. The van der Waals surface area contributed by atoms with E-state index in [-0.39, 0.29) is 29.6 Å². The van der Waals surface area contributed by atoms with Crippen molar-refractivity contribution in [2.75, 3.05) is 0 Å². The van der Waals surface area contributed by atoms with Crippen molar-refractivity contribution >= 4 is 47.4 Å². The van der Waals surface area contributed by atoms with Crippen LogP contribution < -0.4 is 4.74 Å². The van der Waals surface area contributed by atoms with Crippen molar-refractivity contribution in [2.45, 2.75) is 6.92 Å². The zero-order chi connectivity index (χ0) is 13.1. The van der Waals surface area contributed by atoms with Gasteiger partial charge in [0.1, 0.15) is 5.75 Å². The first kappa shape index (κ1) is 16.0. The second kappa shape index (κ2) is 6.96. The summed E-state index contributed by atoms with van der Waals surface area (Å²) < 4.78 is 7.29. The predicted molar refractivity (Wildman–Crippen MR) is 76.0 cm³/mol. The van der Waals surface area contributed by atoms with Crippen LogP contribution in [0.25, 0.3) is 0 Å². The Morgan fingerprint density at radius 1 is 1.37 bits per heavy atom. The maximum absolute atomic E-state index is 8.64. The van der Waals surface area contributed by atoms with Crippen LogP contribution >= 0.6 is 11.6 Å². The Labute approximate surface area is 138 Å². The molecule has 0 bridgehead atoms. The summed E-state index contributed by atoms with van der Waals surface area (Å²) in [4.78, 5) is 0. The Morgan fingerprint density at radius 2 is 2.00 bits per heavy atom. The van der Waals surface area contributed by atoms with Crippen molar-refractivity contribution in [3.8, 4) is 11.6 Å². The molecule has 1 N–H and O–H groups in total. The number of hydrogen-bond acceptors (Lipinski definition) is 4. The summed E-state index contributed by atoms with van der Waals surface area (Å²) in [5.41, 5.74) is 1.36. The van der Waals surface area contributed by atoms with E-state index in [9.17, 15) is 0 Å². The molecule has 0 amide bonds. The minimum absolute atomic E-state index is 0. The summed E-state index contributed by atoms with van der Waals surface area (Å²) in [6, 6.07) is 6.98. The van der Waals surface area contributed by atoms with E-state index in [2.05, 4.69) is 10.3 Å². The van der Waals surface area contributed by atoms with E-state index >= 15 is 0 Å². The van der Waals surface area contributed by atoms with Gasteiger partial charge in [-0.15, -0.1) is 0 Å². The third-order valence-electron chi connectivity index (χ3n) is 2.43.